The number of benzene rings is 2. The number of piperazine rings is 1. The van der Waals surface area contributed by atoms with Gasteiger partial charge >= 0.3 is 0 Å². The minimum absolute atomic E-state index is 0.0203. The topological polar surface area (TPSA) is 112 Å². The highest BCUT2D eigenvalue weighted by Gasteiger charge is 2.30. The number of sulfonamides is 1. The van der Waals surface area contributed by atoms with E-state index >= 15 is 0 Å². The van der Waals surface area contributed by atoms with Crippen LogP contribution in [0.25, 0.3) is 0 Å². The van der Waals surface area contributed by atoms with E-state index in [1.54, 1.807) is 12.1 Å². The van der Waals surface area contributed by atoms with Crippen LogP contribution in [0.4, 0.5) is 0 Å². The molecule has 2 aromatic carbocycles. The Kier molecular flexibility index (Phi) is 6.83. The summed E-state index contributed by atoms with van der Waals surface area (Å²) in [6.07, 6.45) is 0. The van der Waals surface area contributed by atoms with Gasteiger partial charge in [0.15, 0.2) is 11.5 Å². The molecule has 0 saturated carbocycles. The first-order valence-electron chi connectivity index (χ1n) is 10.8. The molecular formula is C23H26N4O5S. The number of amides is 1. The highest BCUT2D eigenvalue weighted by Crippen LogP contribution is 2.32. The second-order valence-electron chi connectivity index (χ2n) is 7.98. The van der Waals surface area contributed by atoms with Crippen LogP contribution >= 0.6 is 0 Å². The molecule has 0 radical (unpaired) electrons. The smallest absolute Gasteiger partial charge is 0.244 e. The molecule has 1 saturated heterocycles. The fourth-order valence-electron chi connectivity index (χ4n) is 3.95. The van der Waals surface area contributed by atoms with Crippen LogP contribution in [0.1, 0.15) is 24.1 Å². The van der Waals surface area contributed by atoms with Gasteiger partial charge in [0.1, 0.15) is 19.3 Å². The summed E-state index contributed by atoms with van der Waals surface area (Å²) in [4.78, 5) is 14.5. The largest absolute Gasteiger partial charge is 0.486 e. The third-order valence-corrected chi connectivity index (χ3v) is 7.72. The molecule has 1 amide bonds. The zero-order chi connectivity index (χ0) is 23.4. The standard InChI is InChI=1S/C23H26N4O5S/c1-17(18-6-7-20-21(14-18)32-13-12-31-20)25-23(28)16-26-8-10-27(11-9-26)33(29,30)22-5-3-2-4-19(22)15-24/h2-7,14,17H,8-13,16H2,1H3,(H,25,28)/t17-/m0/s1. The van der Waals surface area contributed by atoms with Crippen LogP contribution in [0.2, 0.25) is 0 Å². The van der Waals surface area contributed by atoms with E-state index in [0.29, 0.717) is 37.8 Å². The molecule has 1 N–H and O–H groups in total. The first kappa shape index (κ1) is 23.0. The summed E-state index contributed by atoms with van der Waals surface area (Å²) in [5, 5.41) is 12.2. The monoisotopic (exact) mass is 470 g/mol. The van der Waals surface area contributed by atoms with Crippen molar-refractivity contribution >= 4 is 15.9 Å². The van der Waals surface area contributed by atoms with Crippen molar-refractivity contribution in [3.63, 3.8) is 0 Å². The highest BCUT2D eigenvalue weighted by molar-refractivity contribution is 7.89. The van der Waals surface area contributed by atoms with Crippen LogP contribution in [0.3, 0.4) is 0 Å². The van der Waals surface area contributed by atoms with Crippen molar-refractivity contribution < 1.29 is 22.7 Å². The average molecular weight is 471 g/mol. The van der Waals surface area contributed by atoms with Gasteiger partial charge in [0.2, 0.25) is 15.9 Å². The Morgan fingerprint density at radius 2 is 1.79 bits per heavy atom. The number of nitrogens with one attached hydrogen (secondary N) is 1. The van der Waals surface area contributed by atoms with Crippen LogP contribution in [0.5, 0.6) is 11.5 Å². The van der Waals surface area contributed by atoms with E-state index < -0.39 is 10.0 Å². The predicted octanol–water partition coefficient (Wildman–Crippen LogP) is 1.51. The van der Waals surface area contributed by atoms with Crippen LogP contribution in [-0.4, -0.2) is 69.5 Å². The van der Waals surface area contributed by atoms with Crippen molar-refractivity contribution in [1.82, 2.24) is 14.5 Å². The molecule has 0 bridgehead atoms. The molecule has 174 valence electrons. The molecule has 2 heterocycles. The van der Waals surface area contributed by atoms with Crippen LogP contribution in [0.15, 0.2) is 47.4 Å². The lowest BCUT2D eigenvalue weighted by atomic mass is 10.1. The third-order valence-electron chi connectivity index (χ3n) is 5.77. The van der Waals surface area contributed by atoms with E-state index in [9.17, 15) is 18.5 Å². The van der Waals surface area contributed by atoms with E-state index in [1.165, 1.54) is 16.4 Å². The number of hydrogen-bond acceptors (Lipinski definition) is 7. The third kappa shape index (κ3) is 5.11. The fraction of sp³-hybridized carbons (Fsp3) is 0.391. The molecule has 2 aliphatic heterocycles. The summed E-state index contributed by atoms with van der Waals surface area (Å²) < 4.78 is 38.4. The predicted molar refractivity (Wildman–Crippen MR) is 120 cm³/mol. The number of hydrogen-bond donors (Lipinski definition) is 1. The van der Waals surface area contributed by atoms with Gasteiger partial charge in [0.25, 0.3) is 0 Å². The Morgan fingerprint density at radius 3 is 2.52 bits per heavy atom. The van der Waals surface area contributed by atoms with Crippen LogP contribution in [-0.2, 0) is 14.8 Å². The van der Waals surface area contributed by atoms with Crippen LogP contribution < -0.4 is 14.8 Å². The Morgan fingerprint density at radius 1 is 1.09 bits per heavy atom. The molecule has 1 atom stereocenters. The zero-order valence-corrected chi connectivity index (χ0v) is 19.2. The minimum Gasteiger partial charge on any atom is -0.486 e. The van der Waals surface area contributed by atoms with Gasteiger partial charge in [-0.3, -0.25) is 9.69 Å². The fourth-order valence-corrected chi connectivity index (χ4v) is 5.52. The number of ether oxygens (including phenoxy) is 2. The van der Waals surface area contributed by atoms with Crippen LogP contribution in [0, 0.1) is 11.3 Å². The van der Waals surface area contributed by atoms with Gasteiger partial charge < -0.3 is 14.8 Å². The van der Waals surface area contributed by atoms with Crippen molar-refractivity contribution in [1.29, 1.82) is 5.26 Å². The van der Waals surface area contributed by atoms with Gasteiger partial charge in [-0.1, -0.05) is 18.2 Å². The number of nitriles is 1. The molecule has 33 heavy (non-hydrogen) atoms. The molecule has 0 unspecified atom stereocenters. The maximum absolute atomic E-state index is 13.0. The summed E-state index contributed by atoms with van der Waals surface area (Å²) in [5.74, 6) is 1.24. The first-order valence-corrected chi connectivity index (χ1v) is 12.2. The first-order chi connectivity index (χ1) is 15.9. The lowest BCUT2D eigenvalue weighted by Crippen LogP contribution is -2.51. The quantitative estimate of drug-likeness (QED) is 0.681. The van der Waals surface area contributed by atoms with Gasteiger partial charge in [-0.25, -0.2) is 8.42 Å². The van der Waals surface area contributed by atoms with E-state index in [2.05, 4.69) is 5.32 Å². The molecule has 1 fully saturated rings. The highest BCUT2D eigenvalue weighted by atomic mass is 32.2. The molecule has 10 heteroatoms. The van der Waals surface area contributed by atoms with Gasteiger partial charge in [0, 0.05) is 26.2 Å². The van der Waals surface area contributed by atoms with E-state index in [-0.39, 0.29) is 42.0 Å². The number of nitrogens with zero attached hydrogens (tertiary/aromatic N) is 3. The van der Waals surface area contributed by atoms with E-state index in [0.717, 1.165) is 5.56 Å². The number of carbonyl (C=O) groups is 1. The van der Waals surface area contributed by atoms with E-state index in [1.807, 2.05) is 36.1 Å². The number of rotatable bonds is 6. The lowest BCUT2D eigenvalue weighted by molar-refractivity contribution is -0.123. The summed E-state index contributed by atoms with van der Waals surface area (Å²) in [5.41, 5.74) is 1.05. The second kappa shape index (κ2) is 9.79. The van der Waals surface area contributed by atoms with Crippen molar-refractivity contribution in [2.45, 2.75) is 17.9 Å². The van der Waals surface area contributed by atoms with Gasteiger partial charge in [0.05, 0.1) is 23.0 Å². The molecule has 2 aromatic rings. The Bertz CT molecular complexity index is 1170. The van der Waals surface area contributed by atoms with Gasteiger partial charge in [-0.15, -0.1) is 0 Å². The molecule has 4 rings (SSSR count). The maximum atomic E-state index is 13.0. The number of fused-ring (bicyclic) bond motifs is 1. The SMILES string of the molecule is C[C@H](NC(=O)CN1CCN(S(=O)(=O)c2ccccc2C#N)CC1)c1ccc2c(c1)OCCO2. The van der Waals surface area contributed by atoms with Crippen molar-refractivity contribution in [3.05, 3.63) is 53.6 Å². The molecule has 0 aromatic heterocycles. The Labute approximate surface area is 193 Å². The van der Waals surface area contributed by atoms with Gasteiger partial charge in [-0.2, -0.15) is 9.57 Å². The lowest BCUT2D eigenvalue weighted by Gasteiger charge is -2.33. The van der Waals surface area contributed by atoms with Crippen molar-refractivity contribution in [3.8, 4) is 17.6 Å². The summed E-state index contributed by atoms with van der Waals surface area (Å²) >= 11 is 0. The zero-order valence-electron chi connectivity index (χ0n) is 18.4. The summed E-state index contributed by atoms with van der Waals surface area (Å²) in [6.45, 7) is 4.48. The minimum atomic E-state index is -3.76. The molecular weight excluding hydrogens is 444 g/mol. The summed E-state index contributed by atoms with van der Waals surface area (Å²) in [7, 11) is -3.76. The Balaban J connectivity index is 1.31. The normalized spacial score (nSPS) is 17.7. The van der Waals surface area contributed by atoms with E-state index in [4.69, 9.17) is 9.47 Å². The average Bonchev–Trinajstić information content (AvgIpc) is 2.84. The molecule has 9 nitrogen and oxygen atoms in total. The number of carbonyl (C=O) groups excluding carboxylic acids is 1. The molecule has 0 spiro atoms. The molecule has 2 aliphatic rings. The summed E-state index contributed by atoms with van der Waals surface area (Å²) in [6, 6.07) is 13.5. The second-order valence-corrected chi connectivity index (χ2v) is 9.89. The van der Waals surface area contributed by atoms with Gasteiger partial charge in [-0.05, 0) is 36.8 Å². The van der Waals surface area contributed by atoms with Crippen molar-refractivity contribution in [2.24, 2.45) is 0 Å². The Hall–Kier alpha value is -3.13. The maximum Gasteiger partial charge on any atom is 0.244 e. The molecule has 0 aliphatic carbocycles. The van der Waals surface area contributed by atoms with Crippen molar-refractivity contribution in [2.75, 3.05) is 45.9 Å².